The van der Waals surface area contributed by atoms with E-state index in [1.54, 1.807) is 31.9 Å². The van der Waals surface area contributed by atoms with Crippen LogP contribution in [0.25, 0.3) is 11.0 Å². The topological polar surface area (TPSA) is 125 Å². The van der Waals surface area contributed by atoms with Crippen LogP contribution in [0.5, 0.6) is 5.88 Å². The minimum atomic E-state index is -2.75. The Morgan fingerprint density at radius 3 is 2.40 bits per heavy atom. The van der Waals surface area contributed by atoms with Crippen molar-refractivity contribution in [3.63, 3.8) is 0 Å². The van der Waals surface area contributed by atoms with E-state index in [9.17, 15) is 4.57 Å². The molecule has 0 unspecified atom stereocenters. The number of hydrogen-bond acceptors (Lipinski definition) is 12. The Balaban J connectivity index is 1.14. The summed E-state index contributed by atoms with van der Waals surface area (Å²) in [6.45, 7) is 12.2. The van der Waals surface area contributed by atoms with Gasteiger partial charge in [-0.15, -0.1) is 0 Å². The number of nitrogens with one attached hydrogen (secondary N) is 2. The number of likely N-dealkylation sites (N-methyl/N-ethyl adjacent to an activating group) is 1. The molecule has 0 atom stereocenters. The third kappa shape index (κ3) is 7.29. The van der Waals surface area contributed by atoms with Crippen molar-refractivity contribution >= 4 is 68.4 Å². The summed E-state index contributed by atoms with van der Waals surface area (Å²) in [5, 5.41) is 7.44. The molecular weight excluding hydrogens is 691 g/mol. The van der Waals surface area contributed by atoms with Gasteiger partial charge in [-0.05, 0) is 92.2 Å². The fourth-order valence-corrected chi connectivity index (χ4v) is 8.33. The zero-order chi connectivity index (χ0) is 33.4. The number of fused-ring (bicyclic) bond motifs is 1. The average molecular weight is 736 g/mol. The van der Waals surface area contributed by atoms with Crippen LogP contribution in [0.15, 0.2) is 41.3 Å². The Kier molecular flexibility index (Phi) is 9.56. The highest BCUT2D eigenvalue weighted by Gasteiger charge is 2.31. The van der Waals surface area contributed by atoms with E-state index in [1.807, 2.05) is 12.1 Å². The molecule has 7 rings (SSSR count). The summed E-state index contributed by atoms with van der Waals surface area (Å²) in [7, 11) is -0.531. The van der Waals surface area contributed by atoms with Gasteiger partial charge < -0.3 is 29.7 Å². The highest BCUT2D eigenvalue weighted by atomic mass is 79.9. The molecule has 1 aliphatic carbocycles. The van der Waals surface area contributed by atoms with E-state index < -0.39 is 7.14 Å². The molecule has 14 heteroatoms. The normalized spacial score (nSPS) is 18.3. The Morgan fingerprint density at radius 1 is 0.938 bits per heavy atom. The lowest BCUT2D eigenvalue weighted by atomic mass is 10.0. The molecule has 48 heavy (non-hydrogen) atoms. The first kappa shape index (κ1) is 33.1. The van der Waals surface area contributed by atoms with Crippen LogP contribution in [-0.4, -0.2) is 107 Å². The van der Waals surface area contributed by atoms with Crippen molar-refractivity contribution < 1.29 is 9.30 Å². The Labute approximate surface area is 290 Å². The van der Waals surface area contributed by atoms with Crippen LogP contribution in [0, 0.1) is 0 Å². The predicted octanol–water partition coefficient (Wildman–Crippen LogP) is 5.63. The van der Waals surface area contributed by atoms with Crippen LogP contribution in [-0.2, 0) is 11.0 Å². The number of ether oxygens (including phenoxy) is 1. The number of anilines is 5. The molecule has 3 fully saturated rings. The number of aryl methyl sites for hydroxylation is 1. The lowest BCUT2D eigenvalue weighted by molar-refractivity contribution is 0.0981. The summed E-state index contributed by atoms with van der Waals surface area (Å²) in [6, 6.07) is 6.53. The van der Waals surface area contributed by atoms with Gasteiger partial charge in [0.2, 0.25) is 11.8 Å². The second kappa shape index (κ2) is 13.9. The van der Waals surface area contributed by atoms with Crippen LogP contribution in [0.1, 0.15) is 38.2 Å². The molecule has 4 aromatic rings. The fraction of sp³-hybridized carbons (Fsp3) is 0.500. The lowest BCUT2D eigenvalue weighted by Crippen LogP contribution is -2.52. The molecule has 1 aromatic carbocycles. The summed E-state index contributed by atoms with van der Waals surface area (Å²) in [5.74, 6) is 2.52. The molecule has 5 heterocycles. The number of piperazine rings is 1. The van der Waals surface area contributed by atoms with Gasteiger partial charge in [0, 0.05) is 63.9 Å². The van der Waals surface area contributed by atoms with Crippen LogP contribution >= 0.6 is 23.1 Å². The largest absolute Gasteiger partial charge is 0.473 e. The van der Waals surface area contributed by atoms with Gasteiger partial charge in [-0.2, -0.15) is 9.97 Å². The monoisotopic (exact) mass is 734 g/mol. The Morgan fingerprint density at radius 2 is 1.69 bits per heavy atom. The summed E-state index contributed by atoms with van der Waals surface area (Å²) >= 11 is 3.60. The molecule has 3 aromatic heterocycles. The number of nitrogens with zero attached hydrogens (tertiary/aromatic N) is 8. The highest BCUT2D eigenvalue weighted by Crippen LogP contribution is 2.42. The highest BCUT2D eigenvalue weighted by molar-refractivity contribution is 9.10. The van der Waals surface area contributed by atoms with Crippen LogP contribution < -0.4 is 25.6 Å². The van der Waals surface area contributed by atoms with Crippen LogP contribution in [0.4, 0.5) is 29.0 Å². The van der Waals surface area contributed by atoms with Crippen LogP contribution in [0.3, 0.4) is 0 Å². The number of aromatic nitrogens is 5. The Bertz CT molecular complexity index is 1830. The smallest absolute Gasteiger partial charge is 0.240 e. The molecule has 12 nitrogen and oxygen atoms in total. The van der Waals surface area contributed by atoms with E-state index in [-0.39, 0.29) is 6.10 Å². The van der Waals surface area contributed by atoms with Gasteiger partial charge >= 0.3 is 0 Å². The average Bonchev–Trinajstić information content (AvgIpc) is 3.91. The van der Waals surface area contributed by atoms with Crippen molar-refractivity contribution in [3.8, 4) is 5.88 Å². The first-order valence-electron chi connectivity index (χ1n) is 16.9. The predicted molar refractivity (Wildman–Crippen MR) is 196 cm³/mol. The molecule has 0 radical (unpaired) electrons. The van der Waals surface area contributed by atoms with Gasteiger partial charge in [-0.1, -0.05) is 6.92 Å². The molecule has 2 aliphatic heterocycles. The van der Waals surface area contributed by atoms with E-state index in [0.29, 0.717) is 50.2 Å². The minimum absolute atomic E-state index is 0.178. The summed E-state index contributed by atoms with van der Waals surface area (Å²) in [6.07, 6.45) is 10.3. The SMILES string of the molecule is CCc1cc(Nc2ncc(Br)c(Nc3ccc4nccnc4c3P(C)(C)=O)n2)c(OC2CC2)nc1N1CCC(N2CCN(C)CC2)CC1. The molecule has 3 aliphatic rings. The number of piperidine rings is 1. The van der Waals surface area contributed by atoms with Crippen molar-refractivity contribution in [3.05, 3.63) is 46.8 Å². The van der Waals surface area contributed by atoms with Crippen molar-refractivity contribution in [2.45, 2.75) is 51.2 Å². The summed E-state index contributed by atoms with van der Waals surface area (Å²) in [4.78, 5) is 31.0. The first-order chi connectivity index (χ1) is 23.2. The number of halogens is 1. The standard InChI is InChI=1S/C34H44BrN10O2P/c1-5-22-20-28(33(47-24-6-7-24)42-32(22)45-14-10-23(11-15-45)44-18-16-43(2)17-19-44)40-34-38-21-25(35)31(41-34)39-27-9-8-26-29(37-13-12-36-26)30(27)48(3,4)46/h8-9,12-13,20-21,23-24H,5-7,10-11,14-19H2,1-4H3,(H2,38,39,40,41). The number of rotatable bonds is 10. The molecule has 254 valence electrons. The van der Waals surface area contributed by atoms with E-state index >= 15 is 0 Å². The zero-order valence-corrected chi connectivity index (χ0v) is 30.6. The Hall–Kier alpha value is -3.38. The molecular formula is C34H44BrN10O2P. The van der Waals surface area contributed by atoms with Crippen molar-refractivity contribution in [2.24, 2.45) is 0 Å². The van der Waals surface area contributed by atoms with Gasteiger partial charge in [0.05, 0.1) is 21.0 Å². The second-order valence-electron chi connectivity index (χ2n) is 13.4. The molecule has 0 amide bonds. The van der Waals surface area contributed by atoms with Gasteiger partial charge in [-0.3, -0.25) is 14.9 Å². The quantitative estimate of drug-likeness (QED) is 0.196. The maximum Gasteiger partial charge on any atom is 0.240 e. The van der Waals surface area contributed by atoms with Gasteiger partial charge in [-0.25, -0.2) is 4.98 Å². The molecule has 2 saturated heterocycles. The summed E-state index contributed by atoms with van der Waals surface area (Å²) < 4.78 is 20.5. The van der Waals surface area contributed by atoms with Crippen molar-refractivity contribution in [2.75, 3.05) is 75.2 Å². The first-order valence-corrected chi connectivity index (χ1v) is 20.3. The van der Waals surface area contributed by atoms with E-state index in [4.69, 9.17) is 14.7 Å². The number of hydrogen-bond donors (Lipinski definition) is 2. The number of benzene rings is 1. The second-order valence-corrected chi connectivity index (χ2v) is 17.4. The third-order valence-electron chi connectivity index (χ3n) is 9.44. The van der Waals surface area contributed by atoms with E-state index in [1.165, 1.54) is 0 Å². The summed E-state index contributed by atoms with van der Waals surface area (Å²) in [5.41, 5.74) is 3.88. The van der Waals surface area contributed by atoms with Gasteiger partial charge in [0.25, 0.3) is 0 Å². The van der Waals surface area contributed by atoms with Gasteiger partial charge in [0.15, 0.2) is 0 Å². The lowest BCUT2D eigenvalue weighted by Gasteiger charge is -2.42. The molecule has 0 bridgehead atoms. The van der Waals surface area contributed by atoms with Crippen molar-refractivity contribution in [1.29, 1.82) is 0 Å². The fourth-order valence-electron chi connectivity index (χ4n) is 6.65. The minimum Gasteiger partial charge on any atom is -0.473 e. The van der Waals surface area contributed by atoms with Crippen LogP contribution in [0.2, 0.25) is 0 Å². The maximum absolute atomic E-state index is 13.5. The zero-order valence-electron chi connectivity index (χ0n) is 28.1. The molecule has 2 N–H and O–H groups in total. The molecule has 0 spiro atoms. The molecule has 1 saturated carbocycles. The third-order valence-corrected chi connectivity index (χ3v) is 11.6. The maximum atomic E-state index is 13.5. The van der Waals surface area contributed by atoms with E-state index in [2.05, 4.69) is 76.3 Å². The van der Waals surface area contributed by atoms with Gasteiger partial charge in [0.1, 0.15) is 36.1 Å². The number of pyridine rings is 1. The van der Waals surface area contributed by atoms with Crippen molar-refractivity contribution in [1.82, 2.24) is 34.7 Å². The van der Waals surface area contributed by atoms with E-state index in [0.717, 1.165) is 88.4 Å².